The topological polar surface area (TPSA) is 65.7 Å². The van der Waals surface area contributed by atoms with Crippen LogP contribution in [0.4, 0.5) is 0 Å². The third-order valence-corrected chi connectivity index (χ3v) is 6.57. The molecule has 0 aliphatic carbocycles. The van der Waals surface area contributed by atoms with E-state index in [2.05, 4.69) is 47.4 Å². The third-order valence-electron chi connectivity index (χ3n) is 6.57. The first kappa shape index (κ1) is 15.7. The number of pyridine rings is 2. The summed E-state index contributed by atoms with van der Waals surface area (Å²) in [7, 11) is 0. The molecule has 0 fully saturated rings. The maximum atomic E-state index is 12.5. The number of nitrogens with one attached hydrogen (secondary N) is 2. The molecular weight excluding hydrogens is 372 g/mol. The molecule has 2 N–H and O–H groups in total. The molecule has 7 aromatic rings. The maximum Gasteiger partial charge on any atom is 0.258 e. The molecule has 2 aromatic heterocycles. The highest BCUT2D eigenvalue weighted by atomic mass is 16.2. The molecule has 140 valence electrons. The summed E-state index contributed by atoms with van der Waals surface area (Å²) >= 11 is 0. The van der Waals surface area contributed by atoms with Crippen molar-refractivity contribution in [3.05, 3.63) is 79.9 Å². The lowest BCUT2D eigenvalue weighted by Crippen LogP contribution is -2.20. The van der Waals surface area contributed by atoms with Crippen molar-refractivity contribution in [2.75, 3.05) is 0 Å². The van der Waals surface area contributed by atoms with Gasteiger partial charge in [0.05, 0.1) is 0 Å². The lowest BCUT2D eigenvalue weighted by Gasteiger charge is -2.17. The van der Waals surface area contributed by atoms with E-state index in [0.29, 0.717) is 10.8 Å². The summed E-state index contributed by atoms with van der Waals surface area (Å²) in [4.78, 5) is 30.7. The summed E-state index contributed by atoms with van der Waals surface area (Å²) in [5.74, 6) is 0. The molecule has 2 heterocycles. The molecule has 0 saturated carbocycles. The average molecular weight is 386 g/mol. The van der Waals surface area contributed by atoms with Crippen molar-refractivity contribution in [3.8, 4) is 0 Å². The van der Waals surface area contributed by atoms with Crippen molar-refractivity contribution in [3.63, 3.8) is 0 Å². The molecule has 0 unspecified atom stereocenters. The Morgan fingerprint density at radius 1 is 0.433 bits per heavy atom. The molecule has 0 aliphatic heterocycles. The second kappa shape index (κ2) is 4.86. The molecule has 0 atom stereocenters. The van der Waals surface area contributed by atoms with Crippen LogP contribution in [0.1, 0.15) is 0 Å². The van der Waals surface area contributed by atoms with Crippen LogP contribution in [0.5, 0.6) is 0 Å². The van der Waals surface area contributed by atoms with Crippen molar-refractivity contribution in [2.24, 2.45) is 0 Å². The van der Waals surface area contributed by atoms with Gasteiger partial charge in [-0.1, -0.05) is 49.6 Å². The van der Waals surface area contributed by atoms with Gasteiger partial charge in [-0.25, -0.2) is 0 Å². The molecule has 0 radical (unpaired) electrons. The van der Waals surface area contributed by atoms with E-state index < -0.39 is 0 Å². The van der Waals surface area contributed by atoms with Gasteiger partial charge in [0.2, 0.25) is 0 Å². The van der Waals surface area contributed by atoms with Gasteiger partial charge in [-0.2, -0.15) is 0 Å². The van der Waals surface area contributed by atoms with Crippen LogP contribution in [-0.2, 0) is 0 Å². The molecule has 0 amide bonds. The Morgan fingerprint density at radius 3 is 1.17 bits per heavy atom. The number of benzene rings is 5. The van der Waals surface area contributed by atoms with Crippen LogP contribution in [0, 0.1) is 0 Å². The second-order valence-corrected chi connectivity index (χ2v) is 8.01. The van der Waals surface area contributed by atoms with Crippen molar-refractivity contribution in [1.29, 1.82) is 0 Å². The van der Waals surface area contributed by atoms with Gasteiger partial charge in [-0.3, -0.25) is 14.6 Å². The lowest BCUT2D eigenvalue weighted by atomic mass is 9.86. The van der Waals surface area contributed by atoms with Crippen LogP contribution in [0.2, 0.25) is 0 Å². The quantitative estimate of drug-likeness (QED) is 0.308. The molecule has 7 rings (SSSR count). The molecule has 4 heteroatoms. The number of aromatic nitrogens is 2. The lowest BCUT2D eigenvalue weighted by molar-refractivity contribution is 1.22. The Bertz CT molecular complexity index is 1790. The average Bonchev–Trinajstić information content (AvgIpc) is 2.74. The van der Waals surface area contributed by atoms with E-state index in [1.54, 1.807) is 0 Å². The van der Waals surface area contributed by atoms with Crippen LogP contribution in [0.25, 0.3) is 77.8 Å². The first-order chi connectivity index (χ1) is 14.5. The van der Waals surface area contributed by atoms with E-state index in [9.17, 15) is 9.59 Å². The fourth-order valence-corrected chi connectivity index (χ4v) is 5.32. The van der Waals surface area contributed by atoms with E-state index >= 15 is 0 Å². The van der Waals surface area contributed by atoms with E-state index in [0.717, 1.165) is 64.6 Å². The van der Waals surface area contributed by atoms with Gasteiger partial charge in [0.1, 0.15) is 0 Å². The van der Waals surface area contributed by atoms with Gasteiger partial charge in [-0.15, -0.1) is 0 Å². The highest BCUT2D eigenvalue weighted by Gasteiger charge is 2.19. The van der Waals surface area contributed by atoms with E-state index in [1.165, 1.54) is 0 Å². The predicted molar refractivity (Wildman–Crippen MR) is 125 cm³/mol. The van der Waals surface area contributed by atoms with Crippen LogP contribution in [0.15, 0.2) is 58.1 Å². The van der Waals surface area contributed by atoms with Crippen LogP contribution in [0.3, 0.4) is 0 Å². The van der Waals surface area contributed by atoms with Crippen molar-refractivity contribution in [1.82, 2.24) is 9.97 Å². The Hall–Kier alpha value is -4.18. The molecule has 0 aliphatic rings. The standard InChI is InChI=1S/C26H14N2O2/c1-11-13-3-5-15-17-7-9-19-24-20(26(30)28-25(19)29)10-8-18(23(17)24)16-6-4-14(12(2)27-11)21(13)22(15)16/h3-10,27H,1-2H2,(H,28,29,30). The van der Waals surface area contributed by atoms with Gasteiger partial charge in [0.15, 0.2) is 0 Å². The van der Waals surface area contributed by atoms with Crippen LogP contribution in [-0.4, -0.2) is 9.97 Å². The zero-order valence-electron chi connectivity index (χ0n) is 15.8. The normalized spacial score (nSPS) is 12.5. The fraction of sp³-hybridized carbons (Fsp3) is 0. The Morgan fingerprint density at radius 2 is 0.733 bits per heavy atom. The first-order valence-corrected chi connectivity index (χ1v) is 9.76. The third kappa shape index (κ3) is 1.61. The second-order valence-electron chi connectivity index (χ2n) is 8.01. The molecular formula is C26H14N2O2. The summed E-state index contributed by atoms with van der Waals surface area (Å²) in [6, 6.07) is 16.1. The summed E-state index contributed by atoms with van der Waals surface area (Å²) in [5, 5.41) is 13.2. The Kier molecular flexibility index (Phi) is 2.55. The molecule has 30 heavy (non-hydrogen) atoms. The highest BCUT2D eigenvalue weighted by Crippen LogP contribution is 2.43. The Balaban J connectivity index is 1.95. The fourth-order valence-electron chi connectivity index (χ4n) is 5.32. The SMILES string of the molecule is C=c1[nH]c(=C)c2ccc3c4ccc5c(=O)[nH]c(=O)c6ccc(c7ccc1c2c73)c4c65. The number of rotatable bonds is 0. The highest BCUT2D eigenvalue weighted by molar-refractivity contribution is 6.39. The minimum absolute atomic E-state index is 0.342. The minimum Gasteiger partial charge on any atom is -0.355 e. The largest absolute Gasteiger partial charge is 0.355 e. The van der Waals surface area contributed by atoms with Gasteiger partial charge >= 0.3 is 0 Å². The van der Waals surface area contributed by atoms with Crippen molar-refractivity contribution < 1.29 is 0 Å². The molecule has 0 bridgehead atoms. The number of H-pyrrole nitrogens is 2. The zero-order valence-corrected chi connectivity index (χ0v) is 15.8. The summed E-state index contributed by atoms with van der Waals surface area (Å²) in [5.41, 5.74) is -0.683. The number of fused-ring (bicyclic) bond motifs is 2. The van der Waals surface area contributed by atoms with Gasteiger partial charge < -0.3 is 4.98 Å². The monoisotopic (exact) mass is 386 g/mol. The molecule has 0 spiro atoms. The minimum atomic E-state index is -0.342. The van der Waals surface area contributed by atoms with Crippen LogP contribution >= 0.6 is 0 Å². The van der Waals surface area contributed by atoms with Crippen molar-refractivity contribution >= 4 is 77.8 Å². The molecule has 4 nitrogen and oxygen atoms in total. The molecule has 5 aromatic carbocycles. The predicted octanol–water partition coefficient (Wildman–Crippen LogP) is 3.68. The van der Waals surface area contributed by atoms with Crippen molar-refractivity contribution in [2.45, 2.75) is 0 Å². The first-order valence-electron chi connectivity index (χ1n) is 9.76. The van der Waals surface area contributed by atoms with E-state index in [1.807, 2.05) is 24.3 Å². The number of hydrogen-bond acceptors (Lipinski definition) is 2. The summed E-state index contributed by atoms with van der Waals surface area (Å²) < 4.78 is 0. The van der Waals surface area contributed by atoms with Gasteiger partial charge in [0.25, 0.3) is 11.1 Å². The van der Waals surface area contributed by atoms with Gasteiger partial charge in [0, 0.05) is 43.0 Å². The molecule has 0 saturated heterocycles. The number of hydrogen-bond donors (Lipinski definition) is 2. The smallest absolute Gasteiger partial charge is 0.258 e. The van der Waals surface area contributed by atoms with Gasteiger partial charge in [-0.05, 0) is 44.5 Å². The summed E-state index contributed by atoms with van der Waals surface area (Å²) in [6.45, 7) is 8.36. The summed E-state index contributed by atoms with van der Waals surface area (Å²) in [6.07, 6.45) is 0. The van der Waals surface area contributed by atoms with E-state index in [4.69, 9.17) is 0 Å². The van der Waals surface area contributed by atoms with E-state index in [-0.39, 0.29) is 11.1 Å². The number of aromatic amines is 2. The zero-order chi connectivity index (χ0) is 20.3. The van der Waals surface area contributed by atoms with Crippen LogP contribution < -0.4 is 21.8 Å². The Labute approximate surface area is 168 Å². The maximum absolute atomic E-state index is 12.5.